The van der Waals surface area contributed by atoms with Gasteiger partial charge in [0.25, 0.3) is 0 Å². The standard InChI is InChI=1S/C9H9NO2S/c1-7-5-9(13(2,11)12)4-3-8(7)6-10/h3-5H,1-2H3. The second kappa shape index (κ2) is 3.19. The molecule has 0 fully saturated rings. The van der Waals surface area contributed by atoms with E-state index in [1.165, 1.54) is 18.2 Å². The van der Waals surface area contributed by atoms with E-state index in [0.29, 0.717) is 11.1 Å². The molecule has 1 aromatic carbocycles. The predicted octanol–water partition coefficient (Wildman–Crippen LogP) is 1.27. The maximum Gasteiger partial charge on any atom is 0.175 e. The molecule has 0 spiro atoms. The Morgan fingerprint density at radius 2 is 2.00 bits per heavy atom. The fourth-order valence-electron chi connectivity index (χ4n) is 0.992. The molecule has 13 heavy (non-hydrogen) atoms. The maximum absolute atomic E-state index is 11.1. The van der Waals surface area contributed by atoms with Gasteiger partial charge >= 0.3 is 0 Å². The van der Waals surface area contributed by atoms with Crippen LogP contribution in [0.1, 0.15) is 11.1 Å². The minimum absolute atomic E-state index is 0.254. The highest BCUT2D eigenvalue weighted by molar-refractivity contribution is 7.90. The summed E-state index contributed by atoms with van der Waals surface area (Å²) in [6.45, 7) is 1.72. The van der Waals surface area contributed by atoms with Crippen LogP contribution in [0.25, 0.3) is 0 Å². The lowest BCUT2D eigenvalue weighted by molar-refractivity contribution is 0.602. The van der Waals surface area contributed by atoms with E-state index in [1.807, 2.05) is 6.07 Å². The first-order valence-electron chi connectivity index (χ1n) is 3.66. The minimum atomic E-state index is -3.16. The number of hydrogen-bond acceptors (Lipinski definition) is 3. The first-order chi connectivity index (χ1) is 5.95. The monoisotopic (exact) mass is 195 g/mol. The van der Waals surface area contributed by atoms with Crippen LogP contribution in [0.4, 0.5) is 0 Å². The summed E-state index contributed by atoms with van der Waals surface area (Å²) in [4.78, 5) is 0.254. The molecule has 0 aliphatic carbocycles. The van der Waals surface area contributed by atoms with Crippen molar-refractivity contribution in [2.75, 3.05) is 6.26 Å². The molecule has 4 heteroatoms. The van der Waals surface area contributed by atoms with Crippen molar-refractivity contribution >= 4 is 9.84 Å². The zero-order valence-electron chi connectivity index (χ0n) is 7.40. The van der Waals surface area contributed by atoms with Crippen LogP contribution in [0.2, 0.25) is 0 Å². The largest absolute Gasteiger partial charge is 0.224 e. The minimum Gasteiger partial charge on any atom is -0.224 e. The lowest BCUT2D eigenvalue weighted by atomic mass is 10.1. The summed E-state index contributed by atoms with van der Waals surface area (Å²) in [6, 6.07) is 6.45. The van der Waals surface area contributed by atoms with E-state index in [0.717, 1.165) is 6.26 Å². The molecule has 68 valence electrons. The highest BCUT2D eigenvalue weighted by Crippen LogP contribution is 2.14. The molecule has 0 radical (unpaired) electrons. The van der Waals surface area contributed by atoms with Gasteiger partial charge in [-0.2, -0.15) is 5.26 Å². The van der Waals surface area contributed by atoms with E-state index in [4.69, 9.17) is 5.26 Å². The van der Waals surface area contributed by atoms with Crippen LogP contribution in [0.15, 0.2) is 23.1 Å². The molecule has 1 aromatic rings. The van der Waals surface area contributed by atoms with Gasteiger partial charge in [0.05, 0.1) is 16.5 Å². The van der Waals surface area contributed by atoms with Gasteiger partial charge in [-0.05, 0) is 30.7 Å². The van der Waals surface area contributed by atoms with Crippen molar-refractivity contribution in [2.24, 2.45) is 0 Å². The van der Waals surface area contributed by atoms with Gasteiger partial charge in [-0.3, -0.25) is 0 Å². The van der Waals surface area contributed by atoms with Crippen LogP contribution >= 0.6 is 0 Å². The quantitative estimate of drug-likeness (QED) is 0.678. The van der Waals surface area contributed by atoms with Crippen molar-refractivity contribution in [1.82, 2.24) is 0 Å². The van der Waals surface area contributed by atoms with Crippen LogP contribution in [-0.4, -0.2) is 14.7 Å². The van der Waals surface area contributed by atoms with E-state index in [9.17, 15) is 8.42 Å². The normalized spacial score (nSPS) is 10.8. The number of aryl methyl sites for hydroxylation is 1. The second-order valence-corrected chi connectivity index (χ2v) is 4.88. The van der Waals surface area contributed by atoms with Crippen molar-refractivity contribution in [1.29, 1.82) is 5.26 Å². The summed E-state index contributed by atoms with van der Waals surface area (Å²) in [7, 11) is -3.16. The van der Waals surface area contributed by atoms with Gasteiger partial charge in [-0.1, -0.05) is 0 Å². The molecule has 0 unspecified atom stereocenters. The van der Waals surface area contributed by atoms with E-state index in [2.05, 4.69) is 0 Å². The van der Waals surface area contributed by atoms with Gasteiger partial charge in [0.2, 0.25) is 0 Å². The van der Waals surface area contributed by atoms with E-state index < -0.39 is 9.84 Å². The summed E-state index contributed by atoms with van der Waals surface area (Å²) in [6.07, 6.45) is 1.15. The molecule has 0 aliphatic heterocycles. The Labute approximate surface area is 77.5 Å². The van der Waals surface area contributed by atoms with Gasteiger partial charge in [0.15, 0.2) is 9.84 Å². The molecule has 0 heterocycles. The molecule has 3 nitrogen and oxygen atoms in total. The molecule has 0 N–H and O–H groups in total. The summed E-state index contributed by atoms with van der Waals surface area (Å²) in [5.41, 5.74) is 1.19. The summed E-state index contributed by atoms with van der Waals surface area (Å²) in [5, 5.41) is 8.61. The first kappa shape index (κ1) is 9.75. The molecule has 1 rings (SSSR count). The average Bonchev–Trinajstić information content (AvgIpc) is 2.02. The number of hydrogen-bond donors (Lipinski definition) is 0. The summed E-state index contributed by atoms with van der Waals surface area (Å²) >= 11 is 0. The molecule has 0 amide bonds. The summed E-state index contributed by atoms with van der Waals surface area (Å²) < 4.78 is 22.2. The third kappa shape index (κ3) is 2.07. The molecule has 0 atom stereocenters. The Morgan fingerprint density at radius 1 is 1.38 bits per heavy atom. The molecule has 0 saturated carbocycles. The molecule has 0 saturated heterocycles. The summed E-state index contributed by atoms with van der Waals surface area (Å²) in [5.74, 6) is 0. The van der Waals surface area contributed by atoms with Gasteiger partial charge in [-0.25, -0.2) is 8.42 Å². The van der Waals surface area contributed by atoms with Crippen molar-refractivity contribution < 1.29 is 8.42 Å². The molecule has 0 aliphatic rings. The van der Waals surface area contributed by atoms with Crippen molar-refractivity contribution in [3.63, 3.8) is 0 Å². The lowest BCUT2D eigenvalue weighted by Crippen LogP contribution is -1.97. The Kier molecular flexibility index (Phi) is 2.39. The smallest absolute Gasteiger partial charge is 0.175 e. The number of sulfone groups is 1. The van der Waals surface area contributed by atoms with Gasteiger partial charge in [0, 0.05) is 6.26 Å². The van der Waals surface area contributed by atoms with Crippen LogP contribution < -0.4 is 0 Å². The van der Waals surface area contributed by atoms with Crippen LogP contribution in [-0.2, 0) is 9.84 Å². The fraction of sp³-hybridized carbons (Fsp3) is 0.222. The highest BCUT2D eigenvalue weighted by atomic mass is 32.2. The zero-order chi connectivity index (χ0) is 10.1. The average molecular weight is 195 g/mol. The van der Waals surface area contributed by atoms with Crippen molar-refractivity contribution in [3.8, 4) is 6.07 Å². The number of rotatable bonds is 1. The zero-order valence-corrected chi connectivity index (χ0v) is 8.22. The van der Waals surface area contributed by atoms with Crippen LogP contribution in [0.3, 0.4) is 0 Å². The first-order valence-corrected chi connectivity index (χ1v) is 5.55. The lowest BCUT2D eigenvalue weighted by Gasteiger charge is -2.00. The van der Waals surface area contributed by atoms with Crippen LogP contribution in [0.5, 0.6) is 0 Å². The maximum atomic E-state index is 11.1. The van der Waals surface area contributed by atoms with Gasteiger partial charge < -0.3 is 0 Å². The SMILES string of the molecule is Cc1cc(S(C)(=O)=O)ccc1C#N. The van der Waals surface area contributed by atoms with Gasteiger partial charge in [-0.15, -0.1) is 0 Å². The highest BCUT2D eigenvalue weighted by Gasteiger charge is 2.08. The molecular formula is C9H9NO2S. The number of nitriles is 1. The molecular weight excluding hydrogens is 186 g/mol. The second-order valence-electron chi connectivity index (χ2n) is 2.86. The Bertz CT molecular complexity index is 469. The van der Waals surface area contributed by atoms with Crippen molar-refractivity contribution in [2.45, 2.75) is 11.8 Å². The molecule has 0 aromatic heterocycles. The molecule has 0 bridgehead atoms. The fourth-order valence-corrected chi connectivity index (χ4v) is 1.70. The topological polar surface area (TPSA) is 57.9 Å². The van der Waals surface area contributed by atoms with E-state index >= 15 is 0 Å². The Morgan fingerprint density at radius 3 is 2.38 bits per heavy atom. The Balaban J connectivity index is 3.36. The van der Waals surface area contributed by atoms with Gasteiger partial charge in [0.1, 0.15) is 0 Å². The third-order valence-corrected chi connectivity index (χ3v) is 2.86. The third-order valence-electron chi connectivity index (χ3n) is 1.75. The van der Waals surface area contributed by atoms with Crippen molar-refractivity contribution in [3.05, 3.63) is 29.3 Å². The van der Waals surface area contributed by atoms with E-state index in [1.54, 1.807) is 6.92 Å². The Hall–Kier alpha value is -1.34. The van der Waals surface area contributed by atoms with E-state index in [-0.39, 0.29) is 4.90 Å². The van der Waals surface area contributed by atoms with Crippen LogP contribution in [0, 0.1) is 18.3 Å². The number of benzene rings is 1. The number of nitrogens with zero attached hydrogens (tertiary/aromatic N) is 1. The predicted molar refractivity (Wildman–Crippen MR) is 49.0 cm³/mol.